The molecule has 0 N–H and O–H groups in total. The predicted octanol–water partition coefficient (Wildman–Crippen LogP) is -0.479. The van der Waals surface area contributed by atoms with Crippen LogP contribution in [-0.2, 0) is 27.7 Å². The molecular weight excluding hydrogens is 284 g/mol. The van der Waals surface area contributed by atoms with Crippen LogP contribution >= 0.6 is 0 Å². The van der Waals surface area contributed by atoms with Crippen LogP contribution in [0.4, 0.5) is 0 Å². The molecular formula is C15H24N4O3. The van der Waals surface area contributed by atoms with Crippen molar-refractivity contribution < 1.29 is 14.3 Å². The maximum absolute atomic E-state index is 12.5. The second-order valence-electron chi connectivity index (χ2n) is 5.96. The molecule has 2 atom stereocenters. The first-order valence-electron chi connectivity index (χ1n) is 7.78. The van der Waals surface area contributed by atoms with Crippen LogP contribution in [-0.4, -0.2) is 84.1 Å². The Balaban J connectivity index is 1.59. The molecule has 0 saturated carbocycles. The van der Waals surface area contributed by atoms with Gasteiger partial charge in [-0.05, 0) is 6.07 Å². The quantitative estimate of drug-likeness (QED) is 0.735. The first kappa shape index (κ1) is 15.5. The van der Waals surface area contributed by atoms with E-state index in [0.29, 0.717) is 19.6 Å². The van der Waals surface area contributed by atoms with E-state index in [-0.39, 0.29) is 18.1 Å². The Hall–Kier alpha value is -1.44. The second kappa shape index (κ2) is 6.76. The van der Waals surface area contributed by atoms with Gasteiger partial charge in [0.2, 0.25) is 5.91 Å². The lowest BCUT2D eigenvalue weighted by atomic mass is 10.1. The van der Waals surface area contributed by atoms with Crippen molar-refractivity contribution >= 4 is 5.91 Å². The van der Waals surface area contributed by atoms with Gasteiger partial charge in [-0.25, -0.2) is 0 Å². The van der Waals surface area contributed by atoms with Gasteiger partial charge in [0, 0.05) is 46.5 Å². The molecule has 122 valence electrons. The van der Waals surface area contributed by atoms with Crippen molar-refractivity contribution in [2.45, 2.75) is 18.6 Å². The molecule has 0 aliphatic carbocycles. The van der Waals surface area contributed by atoms with E-state index in [1.807, 2.05) is 24.2 Å². The molecule has 0 radical (unpaired) electrons. The van der Waals surface area contributed by atoms with Gasteiger partial charge in [-0.3, -0.25) is 14.4 Å². The fourth-order valence-electron chi connectivity index (χ4n) is 3.27. The molecule has 0 unspecified atom stereocenters. The maximum atomic E-state index is 12.5. The van der Waals surface area contributed by atoms with Crippen LogP contribution in [0.15, 0.2) is 12.3 Å². The molecule has 2 aliphatic rings. The summed E-state index contributed by atoms with van der Waals surface area (Å²) in [5.74, 6) is 0.128. The number of hydrogen-bond donors (Lipinski definition) is 0. The summed E-state index contributed by atoms with van der Waals surface area (Å²) in [6.07, 6.45) is 2.35. The highest BCUT2D eigenvalue weighted by molar-refractivity contribution is 5.78. The summed E-state index contributed by atoms with van der Waals surface area (Å²) >= 11 is 0. The lowest BCUT2D eigenvalue weighted by Gasteiger charge is -2.36. The minimum atomic E-state index is 0.123. The average Bonchev–Trinajstić information content (AvgIpc) is 3.11. The fraction of sp³-hybridized carbons (Fsp3) is 0.733. The number of morpholine rings is 1. The van der Waals surface area contributed by atoms with Gasteiger partial charge >= 0.3 is 0 Å². The van der Waals surface area contributed by atoms with E-state index in [1.54, 1.807) is 11.8 Å². The first-order valence-corrected chi connectivity index (χ1v) is 7.78. The Bertz CT molecular complexity index is 519. The Labute approximate surface area is 130 Å². The van der Waals surface area contributed by atoms with Crippen molar-refractivity contribution in [3.63, 3.8) is 0 Å². The summed E-state index contributed by atoms with van der Waals surface area (Å²) < 4.78 is 12.7. The summed E-state index contributed by atoms with van der Waals surface area (Å²) in [5, 5.41) is 4.28. The maximum Gasteiger partial charge on any atom is 0.228 e. The third kappa shape index (κ3) is 3.31. The molecule has 0 aromatic carbocycles. The normalized spacial score (nSPS) is 25.5. The number of ether oxygens (including phenoxy) is 2. The van der Waals surface area contributed by atoms with Gasteiger partial charge in [-0.2, -0.15) is 5.10 Å². The Morgan fingerprint density at radius 2 is 2.36 bits per heavy atom. The molecule has 2 saturated heterocycles. The van der Waals surface area contributed by atoms with Crippen molar-refractivity contribution in [3.05, 3.63) is 18.0 Å². The Morgan fingerprint density at radius 3 is 3.09 bits per heavy atom. The lowest BCUT2D eigenvalue weighted by Crippen LogP contribution is -2.51. The van der Waals surface area contributed by atoms with Crippen molar-refractivity contribution in [2.75, 3.05) is 46.5 Å². The molecule has 3 rings (SSSR count). The van der Waals surface area contributed by atoms with Gasteiger partial charge in [0.1, 0.15) is 0 Å². The van der Waals surface area contributed by atoms with Crippen LogP contribution in [0, 0.1) is 0 Å². The van der Waals surface area contributed by atoms with E-state index in [9.17, 15) is 4.79 Å². The molecule has 7 heteroatoms. The molecule has 1 amide bonds. The number of aryl methyl sites for hydroxylation is 1. The predicted molar refractivity (Wildman–Crippen MR) is 80.5 cm³/mol. The van der Waals surface area contributed by atoms with Gasteiger partial charge in [0.15, 0.2) is 0 Å². The fourth-order valence-corrected chi connectivity index (χ4v) is 3.27. The number of fused-ring (bicyclic) bond motifs is 1. The van der Waals surface area contributed by atoms with Crippen LogP contribution in [0.1, 0.15) is 5.69 Å². The van der Waals surface area contributed by atoms with E-state index in [2.05, 4.69) is 10.00 Å². The zero-order valence-corrected chi connectivity index (χ0v) is 13.3. The monoisotopic (exact) mass is 308 g/mol. The number of likely N-dealkylation sites (tertiary alicyclic amines) is 1. The van der Waals surface area contributed by atoms with Crippen LogP contribution < -0.4 is 0 Å². The molecule has 0 bridgehead atoms. The van der Waals surface area contributed by atoms with E-state index in [0.717, 1.165) is 31.9 Å². The van der Waals surface area contributed by atoms with Gasteiger partial charge < -0.3 is 14.4 Å². The molecule has 1 aromatic heterocycles. The van der Waals surface area contributed by atoms with Crippen LogP contribution in [0.2, 0.25) is 0 Å². The summed E-state index contributed by atoms with van der Waals surface area (Å²) in [6, 6.07) is 2.18. The molecule has 0 spiro atoms. The number of nitrogens with zero attached hydrogens (tertiary/aromatic N) is 4. The van der Waals surface area contributed by atoms with E-state index in [1.165, 1.54) is 0 Å². The number of aromatic nitrogens is 2. The molecule has 1 aromatic rings. The van der Waals surface area contributed by atoms with E-state index >= 15 is 0 Å². The molecule has 3 heterocycles. The second-order valence-corrected chi connectivity index (χ2v) is 5.96. The van der Waals surface area contributed by atoms with Crippen LogP contribution in [0.25, 0.3) is 0 Å². The van der Waals surface area contributed by atoms with Crippen LogP contribution in [0.5, 0.6) is 0 Å². The smallest absolute Gasteiger partial charge is 0.228 e. The number of amides is 1. The Morgan fingerprint density at radius 1 is 1.50 bits per heavy atom. The van der Waals surface area contributed by atoms with Gasteiger partial charge in [0.25, 0.3) is 0 Å². The number of rotatable bonds is 5. The summed E-state index contributed by atoms with van der Waals surface area (Å²) in [4.78, 5) is 16.8. The molecule has 7 nitrogen and oxygen atoms in total. The minimum absolute atomic E-state index is 0.123. The van der Waals surface area contributed by atoms with Gasteiger partial charge in [-0.15, -0.1) is 0 Å². The number of carbonyl (C=O) groups is 1. The zero-order chi connectivity index (χ0) is 15.5. The highest BCUT2D eigenvalue weighted by Crippen LogP contribution is 2.23. The SMILES string of the molecule is COCCN1CCO[C@H]2CN(C(=O)Cc3ccn(C)n3)C[C@H]21. The third-order valence-electron chi connectivity index (χ3n) is 4.45. The highest BCUT2D eigenvalue weighted by atomic mass is 16.5. The lowest BCUT2D eigenvalue weighted by molar-refractivity contribution is -0.130. The summed E-state index contributed by atoms with van der Waals surface area (Å²) in [5.41, 5.74) is 0.819. The first-order chi connectivity index (χ1) is 10.7. The highest BCUT2D eigenvalue weighted by Gasteiger charge is 2.41. The number of hydrogen-bond acceptors (Lipinski definition) is 5. The van der Waals surface area contributed by atoms with Crippen molar-refractivity contribution in [1.82, 2.24) is 19.6 Å². The average molecular weight is 308 g/mol. The van der Waals surface area contributed by atoms with Gasteiger partial charge in [-0.1, -0.05) is 0 Å². The molecule has 2 aliphatic heterocycles. The zero-order valence-electron chi connectivity index (χ0n) is 13.3. The van der Waals surface area contributed by atoms with Gasteiger partial charge in [0.05, 0.1) is 37.5 Å². The number of carbonyl (C=O) groups excluding carboxylic acids is 1. The summed E-state index contributed by atoms with van der Waals surface area (Å²) in [7, 11) is 3.58. The van der Waals surface area contributed by atoms with Crippen molar-refractivity contribution in [3.8, 4) is 0 Å². The molecule has 22 heavy (non-hydrogen) atoms. The molecule has 2 fully saturated rings. The van der Waals surface area contributed by atoms with E-state index in [4.69, 9.17) is 9.47 Å². The minimum Gasteiger partial charge on any atom is -0.383 e. The third-order valence-corrected chi connectivity index (χ3v) is 4.45. The number of methoxy groups -OCH3 is 1. The van der Waals surface area contributed by atoms with E-state index < -0.39 is 0 Å². The topological polar surface area (TPSA) is 59.8 Å². The standard InChI is InChI=1S/C15H24N4O3/c1-17-4-3-12(16-17)9-15(20)19-10-13-14(11-19)22-8-6-18(13)5-7-21-2/h3-4,13-14H,5-11H2,1-2H3/t13-,14+/m1/s1. The largest absolute Gasteiger partial charge is 0.383 e. The van der Waals surface area contributed by atoms with Crippen LogP contribution in [0.3, 0.4) is 0 Å². The van der Waals surface area contributed by atoms with Crippen molar-refractivity contribution in [1.29, 1.82) is 0 Å². The summed E-state index contributed by atoms with van der Waals surface area (Å²) in [6.45, 7) is 4.66. The Kier molecular flexibility index (Phi) is 4.75. The van der Waals surface area contributed by atoms with Crippen molar-refractivity contribution in [2.24, 2.45) is 7.05 Å².